The van der Waals surface area contributed by atoms with Gasteiger partial charge in [-0.25, -0.2) is 0 Å². The van der Waals surface area contributed by atoms with Gasteiger partial charge >= 0.3 is 0 Å². The molecule has 0 bridgehead atoms. The molecule has 1 fully saturated rings. The normalized spacial score (nSPS) is 18.1. The van der Waals surface area contributed by atoms with E-state index in [4.69, 9.17) is 5.26 Å². The first-order chi connectivity index (χ1) is 9.52. The molecular weight excluding hydrogens is 250 g/mol. The largest absolute Gasteiger partial charge is 0.389 e. The molecule has 0 aromatic heterocycles. The molecule has 2 rings (SSSR count). The summed E-state index contributed by atoms with van der Waals surface area (Å²) in [5.41, 5.74) is 2.56. The first-order valence-electron chi connectivity index (χ1n) is 7.24. The fourth-order valence-electron chi connectivity index (χ4n) is 2.72. The van der Waals surface area contributed by atoms with Gasteiger partial charge in [-0.2, -0.15) is 5.26 Å². The number of nitrogens with zero attached hydrogens (tertiary/aromatic N) is 3. The lowest BCUT2D eigenvalue weighted by Crippen LogP contribution is -2.49. The van der Waals surface area contributed by atoms with Gasteiger partial charge < -0.3 is 10.0 Å². The molecule has 0 unspecified atom stereocenters. The van der Waals surface area contributed by atoms with Gasteiger partial charge in [-0.05, 0) is 32.9 Å². The number of benzene rings is 1. The van der Waals surface area contributed by atoms with Crippen molar-refractivity contribution in [3.05, 3.63) is 29.3 Å². The van der Waals surface area contributed by atoms with E-state index in [0.29, 0.717) is 11.6 Å². The van der Waals surface area contributed by atoms with Crippen molar-refractivity contribution in [2.24, 2.45) is 0 Å². The van der Waals surface area contributed by atoms with Gasteiger partial charge in [0.05, 0.1) is 17.7 Å². The zero-order valence-corrected chi connectivity index (χ0v) is 12.5. The van der Waals surface area contributed by atoms with E-state index in [1.165, 1.54) is 0 Å². The van der Waals surface area contributed by atoms with Crippen LogP contribution in [-0.2, 0) is 0 Å². The number of piperazine rings is 1. The third-order valence-corrected chi connectivity index (χ3v) is 3.99. The molecule has 0 spiro atoms. The Morgan fingerprint density at radius 2 is 1.80 bits per heavy atom. The molecule has 1 heterocycles. The predicted octanol–water partition coefficient (Wildman–Crippen LogP) is 2.14. The highest BCUT2D eigenvalue weighted by Gasteiger charge is 2.22. The second-order valence-corrected chi connectivity index (χ2v) is 5.68. The summed E-state index contributed by atoms with van der Waals surface area (Å²) in [6.07, 6.45) is -0.513. The summed E-state index contributed by atoms with van der Waals surface area (Å²) in [6, 6.07) is 8.29. The monoisotopic (exact) mass is 273 g/mol. The molecule has 4 nitrogen and oxygen atoms in total. The molecule has 1 aromatic rings. The van der Waals surface area contributed by atoms with E-state index in [1.807, 2.05) is 12.1 Å². The minimum absolute atomic E-state index is 0.513. The van der Waals surface area contributed by atoms with Crippen LogP contribution < -0.4 is 4.90 Å². The van der Waals surface area contributed by atoms with Crippen molar-refractivity contribution >= 4 is 5.69 Å². The Morgan fingerprint density at radius 1 is 1.15 bits per heavy atom. The molecule has 0 aliphatic carbocycles. The van der Waals surface area contributed by atoms with Crippen LogP contribution in [0.15, 0.2) is 18.2 Å². The van der Waals surface area contributed by atoms with E-state index in [0.717, 1.165) is 37.4 Å². The van der Waals surface area contributed by atoms with E-state index in [9.17, 15) is 5.11 Å². The molecule has 0 radical (unpaired) electrons. The Kier molecular flexibility index (Phi) is 4.64. The third kappa shape index (κ3) is 3.12. The van der Waals surface area contributed by atoms with Crippen molar-refractivity contribution in [1.29, 1.82) is 5.26 Å². The lowest BCUT2D eigenvalue weighted by Gasteiger charge is -2.39. The maximum Gasteiger partial charge on any atom is 0.0992 e. The molecule has 1 saturated heterocycles. The van der Waals surface area contributed by atoms with Crippen molar-refractivity contribution in [2.75, 3.05) is 31.1 Å². The number of nitriles is 1. The van der Waals surface area contributed by atoms with Gasteiger partial charge in [0.2, 0.25) is 0 Å². The van der Waals surface area contributed by atoms with Crippen LogP contribution in [0.3, 0.4) is 0 Å². The summed E-state index contributed by atoms with van der Waals surface area (Å²) in [5.74, 6) is 0. The average molecular weight is 273 g/mol. The van der Waals surface area contributed by atoms with Crippen LogP contribution in [0.2, 0.25) is 0 Å². The molecule has 1 aliphatic rings. The van der Waals surface area contributed by atoms with Crippen LogP contribution in [0.5, 0.6) is 0 Å². The predicted molar refractivity (Wildman–Crippen MR) is 80.7 cm³/mol. The minimum atomic E-state index is -0.513. The van der Waals surface area contributed by atoms with Gasteiger partial charge in [0.1, 0.15) is 0 Å². The number of anilines is 1. The topological polar surface area (TPSA) is 50.5 Å². The molecule has 20 heavy (non-hydrogen) atoms. The van der Waals surface area contributed by atoms with Crippen molar-refractivity contribution in [3.8, 4) is 6.07 Å². The van der Waals surface area contributed by atoms with Gasteiger partial charge in [0.25, 0.3) is 0 Å². The van der Waals surface area contributed by atoms with E-state index < -0.39 is 6.10 Å². The summed E-state index contributed by atoms with van der Waals surface area (Å²) < 4.78 is 0. The van der Waals surface area contributed by atoms with Crippen LogP contribution in [0, 0.1) is 11.3 Å². The Labute approximate surface area is 121 Å². The molecular formula is C16H23N3O. The molecule has 1 aliphatic heterocycles. The second-order valence-electron chi connectivity index (χ2n) is 5.68. The highest BCUT2D eigenvalue weighted by atomic mass is 16.3. The molecule has 108 valence electrons. The second kappa shape index (κ2) is 6.25. The highest BCUT2D eigenvalue weighted by Crippen LogP contribution is 2.28. The molecule has 1 atom stereocenters. The number of rotatable bonds is 3. The van der Waals surface area contributed by atoms with Crippen LogP contribution in [0.1, 0.15) is 38.0 Å². The van der Waals surface area contributed by atoms with Crippen LogP contribution in [0.25, 0.3) is 0 Å². The van der Waals surface area contributed by atoms with Gasteiger partial charge in [-0.15, -0.1) is 0 Å². The Balaban J connectivity index is 2.22. The molecule has 1 aromatic carbocycles. The van der Waals surface area contributed by atoms with Crippen molar-refractivity contribution in [3.63, 3.8) is 0 Å². The fraction of sp³-hybridized carbons (Fsp3) is 0.562. The van der Waals surface area contributed by atoms with Crippen LogP contribution in [-0.4, -0.2) is 42.2 Å². The summed E-state index contributed by atoms with van der Waals surface area (Å²) in [5, 5.41) is 19.0. The third-order valence-electron chi connectivity index (χ3n) is 3.99. The summed E-state index contributed by atoms with van der Waals surface area (Å²) in [6.45, 7) is 10.1. The number of hydrogen-bond acceptors (Lipinski definition) is 4. The van der Waals surface area contributed by atoms with Gasteiger partial charge in [0, 0.05) is 43.5 Å². The zero-order valence-electron chi connectivity index (χ0n) is 12.5. The molecule has 4 heteroatoms. The standard InChI is InChI=1S/C16H23N3O/c1-12(2)18-6-8-19(9-7-18)16-10-14(11-17)4-5-15(16)13(3)20/h4-5,10,12-13,20H,6-9H2,1-3H3/t13-/m1/s1. The summed E-state index contributed by atoms with van der Waals surface area (Å²) >= 11 is 0. The summed E-state index contributed by atoms with van der Waals surface area (Å²) in [4.78, 5) is 4.73. The first-order valence-corrected chi connectivity index (χ1v) is 7.24. The van der Waals surface area contributed by atoms with E-state index in [1.54, 1.807) is 13.0 Å². The van der Waals surface area contributed by atoms with Crippen molar-refractivity contribution < 1.29 is 5.11 Å². The molecule has 0 saturated carbocycles. The van der Waals surface area contributed by atoms with Crippen molar-refractivity contribution in [2.45, 2.75) is 32.9 Å². The Hall–Kier alpha value is -1.57. The molecule has 0 amide bonds. The molecule has 1 N–H and O–H groups in total. The van der Waals surface area contributed by atoms with E-state index >= 15 is 0 Å². The van der Waals surface area contributed by atoms with Crippen LogP contribution in [0.4, 0.5) is 5.69 Å². The zero-order chi connectivity index (χ0) is 14.7. The fourth-order valence-corrected chi connectivity index (χ4v) is 2.72. The maximum atomic E-state index is 9.92. The van der Waals surface area contributed by atoms with Gasteiger partial charge in [-0.1, -0.05) is 6.07 Å². The van der Waals surface area contributed by atoms with Crippen molar-refractivity contribution in [1.82, 2.24) is 4.90 Å². The Morgan fingerprint density at radius 3 is 2.30 bits per heavy atom. The van der Waals surface area contributed by atoms with Gasteiger partial charge in [-0.3, -0.25) is 4.90 Å². The summed E-state index contributed by atoms with van der Waals surface area (Å²) in [7, 11) is 0. The highest BCUT2D eigenvalue weighted by molar-refractivity contribution is 5.58. The minimum Gasteiger partial charge on any atom is -0.389 e. The SMILES string of the molecule is CC(C)N1CCN(c2cc(C#N)ccc2[C@@H](C)O)CC1. The van der Waals surface area contributed by atoms with Crippen LogP contribution >= 0.6 is 0 Å². The number of aliphatic hydroxyl groups is 1. The maximum absolute atomic E-state index is 9.92. The first kappa shape index (κ1) is 14.8. The number of aliphatic hydroxyl groups excluding tert-OH is 1. The Bertz CT molecular complexity index is 497. The smallest absolute Gasteiger partial charge is 0.0992 e. The number of hydrogen-bond donors (Lipinski definition) is 1. The van der Waals surface area contributed by atoms with E-state index in [-0.39, 0.29) is 0 Å². The lowest BCUT2D eigenvalue weighted by atomic mass is 10.0. The quantitative estimate of drug-likeness (QED) is 0.916. The van der Waals surface area contributed by atoms with Gasteiger partial charge in [0.15, 0.2) is 0 Å². The average Bonchev–Trinajstić information content (AvgIpc) is 2.46. The van der Waals surface area contributed by atoms with E-state index in [2.05, 4.69) is 29.7 Å². The lowest BCUT2D eigenvalue weighted by molar-refractivity contribution is 0.196.